The highest BCUT2D eigenvalue weighted by molar-refractivity contribution is 7.17. The molecule has 9 heteroatoms. The van der Waals surface area contributed by atoms with Gasteiger partial charge in [-0.05, 0) is 25.0 Å². The summed E-state index contributed by atoms with van der Waals surface area (Å²) < 4.78 is 5.06. The number of carboxylic acid groups (broad SMARTS) is 1. The second-order valence-corrected chi connectivity index (χ2v) is 6.37. The third-order valence-electron chi connectivity index (χ3n) is 3.59. The van der Waals surface area contributed by atoms with Crippen LogP contribution in [0.25, 0.3) is 0 Å². The summed E-state index contributed by atoms with van der Waals surface area (Å²) in [5.41, 5.74) is 1.01. The van der Waals surface area contributed by atoms with E-state index in [-0.39, 0.29) is 23.1 Å². The Hall–Kier alpha value is -2.68. The number of aliphatic carboxylic acids is 1. The molecule has 2 amide bonds. The van der Waals surface area contributed by atoms with Crippen LogP contribution in [0.1, 0.15) is 34.6 Å². The molecule has 134 valence electrons. The molecule has 0 aliphatic carbocycles. The molecule has 1 aromatic heterocycles. The first-order chi connectivity index (χ1) is 11.8. The van der Waals surface area contributed by atoms with Crippen LogP contribution in [0.15, 0.2) is 12.2 Å². The SMILES string of the molecule is CCOC(=O)c1c(NC(=O)/C=C/C(=O)[O-])sc2c1CCN(C(C)=O)C2. The number of carboxylic acids is 1. The van der Waals surface area contributed by atoms with Gasteiger partial charge in [0.05, 0.1) is 24.7 Å². The van der Waals surface area contributed by atoms with Crippen molar-refractivity contribution >= 4 is 40.1 Å². The van der Waals surface area contributed by atoms with Crippen molar-refractivity contribution in [1.29, 1.82) is 0 Å². The minimum Gasteiger partial charge on any atom is -0.545 e. The van der Waals surface area contributed by atoms with Crippen LogP contribution in [0.3, 0.4) is 0 Å². The second-order valence-electron chi connectivity index (χ2n) is 5.26. The van der Waals surface area contributed by atoms with E-state index in [0.717, 1.165) is 16.5 Å². The fourth-order valence-corrected chi connectivity index (χ4v) is 3.73. The van der Waals surface area contributed by atoms with E-state index in [0.29, 0.717) is 25.6 Å². The van der Waals surface area contributed by atoms with E-state index in [4.69, 9.17) is 4.74 Å². The Bertz CT molecular complexity index is 752. The van der Waals surface area contributed by atoms with E-state index < -0.39 is 17.8 Å². The summed E-state index contributed by atoms with van der Waals surface area (Å²) in [6.07, 6.45) is 1.89. The van der Waals surface area contributed by atoms with Gasteiger partial charge < -0.3 is 24.9 Å². The zero-order valence-electron chi connectivity index (χ0n) is 13.8. The molecule has 0 spiro atoms. The van der Waals surface area contributed by atoms with Gasteiger partial charge in [-0.25, -0.2) is 4.79 Å². The number of amides is 2. The predicted molar refractivity (Wildman–Crippen MR) is 87.8 cm³/mol. The summed E-state index contributed by atoms with van der Waals surface area (Å²) in [6.45, 7) is 4.16. The summed E-state index contributed by atoms with van der Waals surface area (Å²) in [4.78, 5) is 48.5. The van der Waals surface area contributed by atoms with E-state index in [9.17, 15) is 24.3 Å². The van der Waals surface area contributed by atoms with Gasteiger partial charge in [0.2, 0.25) is 11.8 Å². The number of nitrogens with one attached hydrogen (secondary N) is 1. The van der Waals surface area contributed by atoms with Gasteiger partial charge in [0.25, 0.3) is 0 Å². The van der Waals surface area contributed by atoms with Crippen LogP contribution in [0.2, 0.25) is 0 Å². The lowest BCUT2D eigenvalue weighted by Crippen LogP contribution is -2.34. The number of esters is 1. The van der Waals surface area contributed by atoms with Crippen molar-refractivity contribution in [3.63, 3.8) is 0 Å². The minimum absolute atomic E-state index is 0.0702. The van der Waals surface area contributed by atoms with Crippen molar-refractivity contribution in [2.24, 2.45) is 0 Å². The van der Waals surface area contributed by atoms with Crippen LogP contribution in [0.4, 0.5) is 5.00 Å². The van der Waals surface area contributed by atoms with E-state index in [1.807, 2.05) is 0 Å². The third kappa shape index (κ3) is 4.44. The second kappa shape index (κ2) is 7.93. The minimum atomic E-state index is -1.50. The number of carbonyl (C=O) groups is 4. The summed E-state index contributed by atoms with van der Waals surface area (Å²) in [5, 5.41) is 13.2. The van der Waals surface area contributed by atoms with Crippen LogP contribution in [0, 0.1) is 0 Å². The molecule has 0 unspecified atom stereocenters. The Balaban J connectivity index is 2.35. The van der Waals surface area contributed by atoms with E-state index in [1.54, 1.807) is 11.8 Å². The van der Waals surface area contributed by atoms with Crippen molar-refractivity contribution in [2.75, 3.05) is 18.5 Å². The summed E-state index contributed by atoms with van der Waals surface area (Å²) >= 11 is 1.18. The number of ether oxygens (including phenoxy) is 1. The van der Waals surface area contributed by atoms with Gasteiger partial charge in [0.1, 0.15) is 5.00 Å². The molecule has 0 atom stereocenters. The van der Waals surface area contributed by atoms with E-state index >= 15 is 0 Å². The number of anilines is 1. The maximum absolute atomic E-state index is 12.3. The lowest BCUT2D eigenvalue weighted by molar-refractivity contribution is -0.297. The molecule has 1 aliphatic heterocycles. The molecule has 0 radical (unpaired) electrons. The van der Waals surface area contributed by atoms with Crippen molar-refractivity contribution < 1.29 is 29.0 Å². The number of carbonyl (C=O) groups excluding carboxylic acids is 4. The third-order valence-corrected chi connectivity index (χ3v) is 4.72. The number of hydrogen-bond donors (Lipinski definition) is 1. The lowest BCUT2D eigenvalue weighted by atomic mass is 10.0. The highest BCUT2D eigenvalue weighted by Crippen LogP contribution is 2.37. The Labute approximate surface area is 148 Å². The molecular weight excluding hydrogens is 348 g/mol. The van der Waals surface area contributed by atoms with Gasteiger partial charge in [-0.2, -0.15) is 0 Å². The number of thiophene rings is 1. The molecule has 0 fully saturated rings. The van der Waals surface area contributed by atoms with Crippen molar-refractivity contribution in [2.45, 2.75) is 26.8 Å². The summed E-state index contributed by atoms with van der Waals surface area (Å²) in [7, 11) is 0. The van der Waals surface area contributed by atoms with Crippen LogP contribution in [0.5, 0.6) is 0 Å². The molecule has 8 nitrogen and oxygen atoms in total. The largest absolute Gasteiger partial charge is 0.545 e. The predicted octanol–water partition coefficient (Wildman–Crippen LogP) is 0.0740. The molecule has 1 N–H and O–H groups in total. The monoisotopic (exact) mass is 365 g/mol. The zero-order chi connectivity index (χ0) is 18.6. The van der Waals surface area contributed by atoms with E-state index in [2.05, 4.69) is 5.32 Å². The molecule has 1 aromatic rings. The van der Waals surface area contributed by atoms with Crippen molar-refractivity contribution in [3.8, 4) is 0 Å². The number of nitrogens with zero attached hydrogens (tertiary/aromatic N) is 1. The van der Waals surface area contributed by atoms with Crippen molar-refractivity contribution in [3.05, 3.63) is 28.2 Å². The van der Waals surface area contributed by atoms with Crippen molar-refractivity contribution in [1.82, 2.24) is 4.90 Å². The molecule has 0 aromatic carbocycles. The molecular formula is C16H17N2O6S-. The van der Waals surface area contributed by atoms with Crippen LogP contribution >= 0.6 is 11.3 Å². The van der Waals surface area contributed by atoms with Crippen LogP contribution in [-0.2, 0) is 32.1 Å². The molecule has 0 saturated heterocycles. The van der Waals surface area contributed by atoms with Crippen LogP contribution in [-0.4, -0.2) is 41.8 Å². The number of hydrogen-bond acceptors (Lipinski definition) is 7. The Morgan fingerprint density at radius 3 is 2.64 bits per heavy atom. The molecule has 1 aliphatic rings. The Morgan fingerprint density at radius 1 is 1.32 bits per heavy atom. The first-order valence-corrected chi connectivity index (χ1v) is 8.42. The van der Waals surface area contributed by atoms with Gasteiger partial charge in [0.15, 0.2) is 0 Å². The number of rotatable bonds is 5. The maximum atomic E-state index is 12.3. The fourth-order valence-electron chi connectivity index (χ4n) is 2.48. The average Bonchev–Trinajstić information content (AvgIpc) is 2.89. The zero-order valence-corrected chi connectivity index (χ0v) is 14.6. The van der Waals surface area contributed by atoms with Gasteiger partial charge in [-0.15, -0.1) is 11.3 Å². The number of fused-ring (bicyclic) bond motifs is 1. The average molecular weight is 365 g/mol. The Kier molecular flexibility index (Phi) is 5.92. The quantitative estimate of drug-likeness (QED) is 0.583. The standard InChI is InChI=1S/C16H18N2O6S/c1-3-24-16(23)14-10-6-7-18(9(2)19)8-11(10)25-15(14)17-12(20)4-5-13(21)22/h4-5H,3,6-8H2,1-2H3,(H,17,20)(H,21,22)/p-1/b5-4+. The highest BCUT2D eigenvalue weighted by atomic mass is 32.1. The first kappa shape index (κ1) is 18.7. The summed E-state index contributed by atoms with van der Waals surface area (Å²) in [5.74, 6) is -2.82. The van der Waals surface area contributed by atoms with Gasteiger partial charge in [-0.1, -0.05) is 0 Å². The lowest BCUT2D eigenvalue weighted by Gasteiger charge is -2.25. The first-order valence-electron chi connectivity index (χ1n) is 7.60. The van der Waals surface area contributed by atoms with Crippen LogP contribution < -0.4 is 10.4 Å². The highest BCUT2D eigenvalue weighted by Gasteiger charge is 2.30. The molecule has 25 heavy (non-hydrogen) atoms. The Morgan fingerprint density at radius 2 is 2.04 bits per heavy atom. The van der Waals surface area contributed by atoms with Gasteiger partial charge >= 0.3 is 5.97 Å². The van der Waals surface area contributed by atoms with Gasteiger partial charge in [-0.3, -0.25) is 9.59 Å². The topological polar surface area (TPSA) is 116 Å². The molecule has 2 rings (SSSR count). The normalized spacial score (nSPS) is 13.4. The maximum Gasteiger partial charge on any atom is 0.341 e. The molecule has 0 bridgehead atoms. The smallest absolute Gasteiger partial charge is 0.341 e. The molecule has 2 heterocycles. The van der Waals surface area contributed by atoms with Gasteiger partial charge in [0, 0.05) is 24.4 Å². The summed E-state index contributed by atoms with van der Waals surface area (Å²) in [6, 6.07) is 0. The molecule has 0 saturated carbocycles. The fraction of sp³-hybridized carbons (Fsp3) is 0.375. The van der Waals surface area contributed by atoms with E-state index in [1.165, 1.54) is 18.3 Å².